The monoisotopic (exact) mass is 233 g/mol. The second kappa shape index (κ2) is 5.19. The lowest BCUT2D eigenvalue weighted by molar-refractivity contribution is -0.131. The van der Waals surface area contributed by atoms with Crippen LogP contribution >= 0.6 is 0 Å². The fourth-order valence-corrected chi connectivity index (χ4v) is 2.07. The van der Waals surface area contributed by atoms with Crippen molar-refractivity contribution in [3.05, 3.63) is 29.8 Å². The number of rotatable bonds is 2. The van der Waals surface area contributed by atoms with Gasteiger partial charge in [-0.3, -0.25) is 4.79 Å². The van der Waals surface area contributed by atoms with Gasteiger partial charge >= 0.3 is 0 Å². The molecule has 17 heavy (non-hydrogen) atoms. The number of carbonyl (C=O) groups is 1. The van der Waals surface area contributed by atoms with E-state index in [-0.39, 0.29) is 11.9 Å². The van der Waals surface area contributed by atoms with Crippen LogP contribution in [0.3, 0.4) is 0 Å². The summed E-state index contributed by atoms with van der Waals surface area (Å²) in [6, 6.07) is 7.73. The topological polar surface area (TPSA) is 72.4 Å². The number of carbonyl (C=O) groups excluding carboxylic acids is 1. The minimum absolute atomic E-state index is 0.182. The Morgan fingerprint density at radius 1 is 1.24 bits per heavy atom. The quantitative estimate of drug-likeness (QED) is 0.741. The van der Waals surface area contributed by atoms with Crippen LogP contribution in [0.4, 0.5) is 5.69 Å². The Labute approximate surface area is 102 Å². The first kappa shape index (κ1) is 11.9. The third kappa shape index (κ3) is 3.20. The number of hydrogen-bond acceptors (Lipinski definition) is 3. The van der Waals surface area contributed by atoms with Crippen molar-refractivity contribution in [1.82, 2.24) is 4.90 Å². The summed E-state index contributed by atoms with van der Waals surface area (Å²) < 4.78 is 0. The van der Waals surface area contributed by atoms with Crippen LogP contribution in [0.5, 0.6) is 0 Å². The van der Waals surface area contributed by atoms with E-state index in [1.165, 1.54) is 0 Å². The highest BCUT2D eigenvalue weighted by Gasteiger charge is 2.20. The van der Waals surface area contributed by atoms with Gasteiger partial charge in [-0.25, -0.2) is 0 Å². The van der Waals surface area contributed by atoms with Gasteiger partial charge in [0, 0.05) is 24.8 Å². The van der Waals surface area contributed by atoms with Crippen molar-refractivity contribution in [1.29, 1.82) is 0 Å². The molecule has 0 atom stereocenters. The fourth-order valence-electron chi connectivity index (χ4n) is 2.07. The molecule has 1 aliphatic rings. The molecule has 92 valence electrons. The molecular weight excluding hydrogens is 214 g/mol. The number of benzene rings is 1. The minimum Gasteiger partial charge on any atom is -0.399 e. The van der Waals surface area contributed by atoms with Crippen LogP contribution in [-0.2, 0) is 11.2 Å². The van der Waals surface area contributed by atoms with Gasteiger partial charge in [0.25, 0.3) is 0 Å². The van der Waals surface area contributed by atoms with Crippen molar-refractivity contribution >= 4 is 11.6 Å². The fraction of sp³-hybridized carbons (Fsp3) is 0.462. The second-order valence-electron chi connectivity index (χ2n) is 4.64. The van der Waals surface area contributed by atoms with Gasteiger partial charge in [0.05, 0.1) is 6.42 Å². The summed E-state index contributed by atoms with van der Waals surface area (Å²) in [6.07, 6.45) is 2.27. The Morgan fingerprint density at radius 2 is 1.82 bits per heavy atom. The van der Waals surface area contributed by atoms with E-state index >= 15 is 0 Å². The Morgan fingerprint density at radius 3 is 2.41 bits per heavy atom. The number of nitrogens with two attached hydrogens (primary N) is 2. The van der Waals surface area contributed by atoms with Gasteiger partial charge in [0.2, 0.25) is 5.91 Å². The third-order valence-electron chi connectivity index (χ3n) is 3.23. The smallest absolute Gasteiger partial charge is 0.226 e. The maximum absolute atomic E-state index is 12.0. The van der Waals surface area contributed by atoms with E-state index in [1.807, 2.05) is 29.2 Å². The lowest BCUT2D eigenvalue weighted by Gasteiger charge is -2.30. The summed E-state index contributed by atoms with van der Waals surface area (Å²) in [7, 11) is 0. The molecule has 0 radical (unpaired) electrons. The van der Waals surface area contributed by atoms with E-state index in [2.05, 4.69) is 0 Å². The molecular formula is C13H19N3O. The molecule has 1 amide bonds. The largest absolute Gasteiger partial charge is 0.399 e. The zero-order valence-corrected chi connectivity index (χ0v) is 9.93. The summed E-state index contributed by atoms with van der Waals surface area (Å²) in [6.45, 7) is 1.57. The van der Waals surface area contributed by atoms with Crippen LogP contribution in [0.1, 0.15) is 18.4 Å². The molecule has 1 aliphatic heterocycles. The van der Waals surface area contributed by atoms with Crippen molar-refractivity contribution in [3.8, 4) is 0 Å². The molecule has 0 saturated carbocycles. The minimum atomic E-state index is 0.182. The Balaban J connectivity index is 1.90. The van der Waals surface area contributed by atoms with E-state index < -0.39 is 0 Å². The molecule has 0 unspecified atom stereocenters. The van der Waals surface area contributed by atoms with Gasteiger partial charge in [-0.05, 0) is 30.5 Å². The Bertz CT molecular complexity index is 380. The highest BCUT2D eigenvalue weighted by Crippen LogP contribution is 2.12. The molecule has 0 aromatic heterocycles. The van der Waals surface area contributed by atoms with E-state index in [4.69, 9.17) is 11.5 Å². The molecule has 4 nitrogen and oxygen atoms in total. The summed E-state index contributed by atoms with van der Waals surface area (Å²) >= 11 is 0. The maximum Gasteiger partial charge on any atom is 0.226 e. The summed E-state index contributed by atoms with van der Waals surface area (Å²) in [4.78, 5) is 13.9. The number of nitrogen functional groups attached to an aromatic ring is 1. The van der Waals surface area contributed by atoms with Crippen LogP contribution in [0.15, 0.2) is 24.3 Å². The van der Waals surface area contributed by atoms with Gasteiger partial charge < -0.3 is 16.4 Å². The maximum atomic E-state index is 12.0. The number of hydrogen-bond donors (Lipinski definition) is 2. The highest BCUT2D eigenvalue weighted by molar-refractivity contribution is 5.79. The first-order valence-corrected chi connectivity index (χ1v) is 6.03. The molecule has 4 N–H and O–H groups in total. The van der Waals surface area contributed by atoms with Gasteiger partial charge in [-0.15, -0.1) is 0 Å². The highest BCUT2D eigenvalue weighted by atomic mass is 16.2. The zero-order valence-electron chi connectivity index (χ0n) is 9.93. The summed E-state index contributed by atoms with van der Waals surface area (Å²) in [5.74, 6) is 0.182. The molecule has 0 bridgehead atoms. The van der Waals surface area contributed by atoms with Crippen molar-refractivity contribution in [2.75, 3.05) is 18.8 Å². The lowest BCUT2D eigenvalue weighted by Crippen LogP contribution is -2.43. The van der Waals surface area contributed by atoms with Gasteiger partial charge in [0.1, 0.15) is 0 Å². The lowest BCUT2D eigenvalue weighted by atomic mass is 10.0. The number of nitrogens with zero attached hydrogens (tertiary/aromatic N) is 1. The molecule has 1 aromatic rings. The molecule has 1 fully saturated rings. The third-order valence-corrected chi connectivity index (χ3v) is 3.23. The van der Waals surface area contributed by atoms with Crippen LogP contribution in [-0.4, -0.2) is 29.9 Å². The predicted octanol–water partition coefficient (Wildman–Crippen LogP) is 0.761. The molecule has 4 heteroatoms. The first-order chi connectivity index (χ1) is 8.15. The SMILES string of the molecule is Nc1ccc(CC(=O)N2CCC(N)CC2)cc1. The predicted molar refractivity (Wildman–Crippen MR) is 68.3 cm³/mol. The number of anilines is 1. The van der Waals surface area contributed by atoms with Crippen molar-refractivity contribution in [3.63, 3.8) is 0 Å². The number of likely N-dealkylation sites (tertiary alicyclic amines) is 1. The second-order valence-corrected chi connectivity index (χ2v) is 4.64. The first-order valence-electron chi connectivity index (χ1n) is 6.03. The number of piperidine rings is 1. The van der Waals surface area contributed by atoms with Crippen molar-refractivity contribution in [2.45, 2.75) is 25.3 Å². The van der Waals surface area contributed by atoms with Gasteiger partial charge in [0.15, 0.2) is 0 Å². The van der Waals surface area contributed by atoms with Crippen LogP contribution in [0, 0.1) is 0 Å². The standard InChI is InChI=1S/C13H19N3O/c14-11-3-1-10(2-4-11)9-13(17)16-7-5-12(15)6-8-16/h1-4,12H,5-9,14-15H2. The number of amides is 1. The van der Waals surface area contributed by atoms with E-state index in [0.717, 1.165) is 37.2 Å². The van der Waals surface area contributed by atoms with Crippen molar-refractivity contribution in [2.24, 2.45) is 5.73 Å². The van der Waals surface area contributed by atoms with Gasteiger partial charge in [-0.2, -0.15) is 0 Å². The molecule has 1 heterocycles. The normalized spacial score (nSPS) is 17.1. The summed E-state index contributed by atoms with van der Waals surface area (Å²) in [5, 5.41) is 0. The van der Waals surface area contributed by atoms with Gasteiger partial charge in [-0.1, -0.05) is 12.1 Å². The molecule has 0 aliphatic carbocycles. The van der Waals surface area contributed by atoms with Crippen molar-refractivity contribution < 1.29 is 4.79 Å². The Kier molecular flexibility index (Phi) is 3.64. The average molecular weight is 233 g/mol. The molecule has 2 rings (SSSR count). The van der Waals surface area contributed by atoms with Crippen LogP contribution in [0.25, 0.3) is 0 Å². The van der Waals surface area contributed by atoms with E-state index in [9.17, 15) is 4.79 Å². The molecule has 1 saturated heterocycles. The van der Waals surface area contributed by atoms with E-state index in [0.29, 0.717) is 6.42 Å². The van der Waals surface area contributed by atoms with Crippen LogP contribution < -0.4 is 11.5 Å². The zero-order chi connectivity index (χ0) is 12.3. The molecule has 0 spiro atoms. The van der Waals surface area contributed by atoms with E-state index in [1.54, 1.807) is 0 Å². The Hall–Kier alpha value is -1.55. The van der Waals surface area contributed by atoms with Crippen LogP contribution in [0.2, 0.25) is 0 Å². The molecule has 1 aromatic carbocycles. The summed E-state index contributed by atoms with van der Waals surface area (Å²) in [5.41, 5.74) is 13.2. The average Bonchev–Trinajstić information content (AvgIpc) is 2.33.